The topological polar surface area (TPSA) is 29.5 Å². The number of ether oxygens (including phenoxy) is 1. The first-order valence-electron chi connectivity index (χ1n) is 5.00. The Balaban J connectivity index is 3.03. The van der Waals surface area contributed by atoms with Crippen molar-refractivity contribution in [3.63, 3.8) is 0 Å². The van der Waals surface area contributed by atoms with E-state index in [1.807, 2.05) is 39.0 Å². The average molecular weight is 204 g/mol. The molecule has 0 radical (unpaired) electrons. The van der Waals surface area contributed by atoms with Gasteiger partial charge >= 0.3 is 0 Å². The van der Waals surface area contributed by atoms with E-state index in [9.17, 15) is 0 Å². The van der Waals surface area contributed by atoms with Crippen LogP contribution in [0.2, 0.25) is 0 Å². The molecule has 0 saturated carbocycles. The number of aliphatic hydroxyl groups is 1. The maximum absolute atomic E-state index is 8.66. The van der Waals surface area contributed by atoms with Gasteiger partial charge in [0.05, 0.1) is 11.7 Å². The van der Waals surface area contributed by atoms with E-state index < -0.39 is 0 Å². The molecule has 0 fully saturated rings. The van der Waals surface area contributed by atoms with E-state index in [-0.39, 0.29) is 12.7 Å². The van der Waals surface area contributed by atoms with Gasteiger partial charge in [0.15, 0.2) is 0 Å². The predicted octanol–water partition coefficient (Wildman–Crippen LogP) is 2.13. The summed E-state index contributed by atoms with van der Waals surface area (Å²) < 4.78 is 5.61. The van der Waals surface area contributed by atoms with E-state index in [4.69, 9.17) is 9.84 Å². The molecule has 0 aliphatic rings. The SMILES string of the molecule is Cc1ccc(OC(C)C)c(C#CCO)c1. The molecule has 0 spiro atoms. The third kappa shape index (κ3) is 3.65. The number of hydrogen-bond donors (Lipinski definition) is 1. The number of hydrogen-bond acceptors (Lipinski definition) is 2. The van der Waals surface area contributed by atoms with Crippen molar-refractivity contribution in [1.29, 1.82) is 0 Å². The molecule has 0 aromatic heterocycles. The van der Waals surface area contributed by atoms with Crippen LogP contribution in [0.15, 0.2) is 18.2 Å². The maximum atomic E-state index is 8.66. The summed E-state index contributed by atoms with van der Waals surface area (Å²) in [7, 11) is 0. The minimum absolute atomic E-state index is 0.127. The Kier molecular flexibility index (Phi) is 4.20. The fourth-order valence-electron chi connectivity index (χ4n) is 1.23. The Morgan fingerprint density at radius 2 is 2.13 bits per heavy atom. The lowest BCUT2D eigenvalue weighted by Crippen LogP contribution is -2.06. The van der Waals surface area contributed by atoms with Crippen LogP contribution in [-0.2, 0) is 0 Å². The second-order valence-electron chi connectivity index (χ2n) is 3.63. The first kappa shape index (κ1) is 11.6. The van der Waals surface area contributed by atoms with Gasteiger partial charge in [0, 0.05) is 0 Å². The Morgan fingerprint density at radius 3 is 2.73 bits per heavy atom. The molecular formula is C13H16O2. The van der Waals surface area contributed by atoms with Crippen LogP contribution in [0.25, 0.3) is 0 Å². The van der Waals surface area contributed by atoms with E-state index >= 15 is 0 Å². The average Bonchev–Trinajstić information content (AvgIpc) is 2.18. The highest BCUT2D eigenvalue weighted by Crippen LogP contribution is 2.20. The lowest BCUT2D eigenvalue weighted by Gasteiger charge is -2.11. The Bertz CT molecular complexity index is 383. The summed E-state index contributed by atoms with van der Waals surface area (Å²) in [6, 6.07) is 5.86. The Morgan fingerprint density at radius 1 is 1.40 bits per heavy atom. The summed E-state index contributed by atoms with van der Waals surface area (Å²) in [4.78, 5) is 0. The molecule has 80 valence electrons. The van der Waals surface area contributed by atoms with Crippen molar-refractivity contribution in [2.45, 2.75) is 26.9 Å². The van der Waals surface area contributed by atoms with E-state index in [1.54, 1.807) is 0 Å². The highest BCUT2D eigenvalue weighted by molar-refractivity contribution is 5.48. The molecule has 1 aromatic carbocycles. The number of aliphatic hydroxyl groups excluding tert-OH is 1. The molecule has 0 amide bonds. The van der Waals surface area contributed by atoms with Crippen LogP contribution in [0.5, 0.6) is 5.75 Å². The molecule has 2 nitrogen and oxygen atoms in total. The highest BCUT2D eigenvalue weighted by atomic mass is 16.5. The van der Waals surface area contributed by atoms with Crippen LogP contribution in [0.1, 0.15) is 25.0 Å². The van der Waals surface area contributed by atoms with Gasteiger partial charge in [-0.1, -0.05) is 17.9 Å². The van der Waals surface area contributed by atoms with E-state index in [1.165, 1.54) is 0 Å². The van der Waals surface area contributed by atoms with E-state index in [2.05, 4.69) is 11.8 Å². The summed E-state index contributed by atoms with van der Waals surface area (Å²) in [6.45, 7) is 5.82. The van der Waals surface area contributed by atoms with Crippen LogP contribution >= 0.6 is 0 Å². The first-order valence-corrected chi connectivity index (χ1v) is 5.00. The second-order valence-corrected chi connectivity index (χ2v) is 3.63. The van der Waals surface area contributed by atoms with Gasteiger partial charge in [-0.15, -0.1) is 0 Å². The van der Waals surface area contributed by atoms with Gasteiger partial charge in [-0.3, -0.25) is 0 Å². The van der Waals surface area contributed by atoms with Gasteiger partial charge < -0.3 is 9.84 Å². The molecule has 1 rings (SSSR count). The molecule has 0 unspecified atom stereocenters. The van der Waals surface area contributed by atoms with Gasteiger partial charge in [0.1, 0.15) is 12.4 Å². The van der Waals surface area contributed by atoms with Crippen LogP contribution in [0.3, 0.4) is 0 Å². The van der Waals surface area contributed by atoms with Gasteiger partial charge in [-0.25, -0.2) is 0 Å². The molecule has 0 heterocycles. The van der Waals surface area contributed by atoms with Crippen molar-refractivity contribution < 1.29 is 9.84 Å². The zero-order chi connectivity index (χ0) is 11.3. The standard InChI is InChI=1S/C13H16O2/c1-10(2)15-13-7-6-11(3)9-12(13)5-4-8-14/h6-7,9-10,14H,8H2,1-3H3. The maximum Gasteiger partial charge on any atom is 0.135 e. The highest BCUT2D eigenvalue weighted by Gasteiger charge is 2.03. The van der Waals surface area contributed by atoms with Gasteiger partial charge in [-0.2, -0.15) is 0 Å². The summed E-state index contributed by atoms with van der Waals surface area (Å²) in [5.41, 5.74) is 1.96. The smallest absolute Gasteiger partial charge is 0.135 e. The van der Waals surface area contributed by atoms with Crippen molar-refractivity contribution in [3.8, 4) is 17.6 Å². The van der Waals surface area contributed by atoms with Crippen molar-refractivity contribution in [2.24, 2.45) is 0 Å². The molecule has 1 N–H and O–H groups in total. The lowest BCUT2D eigenvalue weighted by atomic mass is 10.1. The minimum atomic E-state index is -0.130. The largest absolute Gasteiger partial charge is 0.490 e. The molecule has 2 heteroatoms. The number of benzene rings is 1. The third-order valence-corrected chi connectivity index (χ3v) is 1.80. The molecule has 0 saturated heterocycles. The normalized spacial score (nSPS) is 9.67. The van der Waals surface area contributed by atoms with Gasteiger partial charge in [-0.05, 0) is 38.5 Å². The van der Waals surface area contributed by atoms with Crippen molar-refractivity contribution in [3.05, 3.63) is 29.3 Å². The van der Waals surface area contributed by atoms with Crippen LogP contribution in [-0.4, -0.2) is 17.8 Å². The molecule has 15 heavy (non-hydrogen) atoms. The van der Waals surface area contributed by atoms with Crippen LogP contribution < -0.4 is 4.74 Å². The number of rotatable bonds is 2. The van der Waals surface area contributed by atoms with E-state index in [0.717, 1.165) is 16.9 Å². The zero-order valence-corrected chi connectivity index (χ0v) is 9.37. The fourth-order valence-corrected chi connectivity index (χ4v) is 1.23. The van der Waals surface area contributed by atoms with Crippen LogP contribution in [0, 0.1) is 18.8 Å². The van der Waals surface area contributed by atoms with Crippen LogP contribution in [0.4, 0.5) is 0 Å². The first-order chi connectivity index (χ1) is 7.13. The predicted molar refractivity (Wildman–Crippen MR) is 60.9 cm³/mol. The zero-order valence-electron chi connectivity index (χ0n) is 9.37. The lowest BCUT2D eigenvalue weighted by molar-refractivity contribution is 0.241. The number of aryl methyl sites for hydroxylation is 1. The molecule has 0 atom stereocenters. The molecule has 0 aliphatic carbocycles. The van der Waals surface area contributed by atoms with Gasteiger partial charge in [0.25, 0.3) is 0 Å². The van der Waals surface area contributed by atoms with Crippen molar-refractivity contribution in [2.75, 3.05) is 6.61 Å². The molecular weight excluding hydrogens is 188 g/mol. The molecule has 0 bridgehead atoms. The quantitative estimate of drug-likeness (QED) is 0.748. The summed E-state index contributed by atoms with van der Waals surface area (Å²) in [6.07, 6.45) is 0.127. The Labute approximate surface area is 90.9 Å². The fraction of sp³-hybridized carbons (Fsp3) is 0.385. The third-order valence-electron chi connectivity index (χ3n) is 1.80. The van der Waals surface area contributed by atoms with Gasteiger partial charge in [0.2, 0.25) is 0 Å². The molecule has 0 aliphatic heterocycles. The van der Waals surface area contributed by atoms with E-state index in [0.29, 0.717) is 0 Å². The Hall–Kier alpha value is -1.46. The van der Waals surface area contributed by atoms with Crippen molar-refractivity contribution in [1.82, 2.24) is 0 Å². The second kappa shape index (κ2) is 5.43. The summed E-state index contributed by atoms with van der Waals surface area (Å²) in [5.74, 6) is 6.29. The van der Waals surface area contributed by atoms with Crippen molar-refractivity contribution >= 4 is 0 Å². The summed E-state index contributed by atoms with van der Waals surface area (Å²) in [5, 5.41) is 8.66. The monoisotopic (exact) mass is 204 g/mol. The minimum Gasteiger partial charge on any atom is -0.490 e. The summed E-state index contributed by atoms with van der Waals surface area (Å²) >= 11 is 0. The molecule has 1 aromatic rings.